The lowest BCUT2D eigenvalue weighted by atomic mass is 9.80. The van der Waals surface area contributed by atoms with Crippen molar-refractivity contribution in [3.8, 4) is 6.07 Å². The van der Waals surface area contributed by atoms with Gasteiger partial charge in [0.15, 0.2) is 0 Å². The maximum Gasteiger partial charge on any atom is 0.0667 e. The van der Waals surface area contributed by atoms with Gasteiger partial charge in [0.25, 0.3) is 0 Å². The van der Waals surface area contributed by atoms with Gasteiger partial charge in [0, 0.05) is 5.25 Å². The van der Waals surface area contributed by atoms with Crippen LogP contribution in [-0.2, 0) is 0 Å². The van der Waals surface area contributed by atoms with Gasteiger partial charge < -0.3 is 0 Å². The van der Waals surface area contributed by atoms with Crippen molar-refractivity contribution in [3.05, 3.63) is 0 Å². The molecule has 3 unspecified atom stereocenters. The molecular formula is C11H19NS. The maximum absolute atomic E-state index is 8.95. The number of hydrogen-bond acceptors (Lipinski definition) is 2. The first kappa shape index (κ1) is 10.9. The second-order valence-electron chi connectivity index (χ2n) is 3.98. The van der Waals surface area contributed by atoms with Crippen LogP contribution >= 0.6 is 11.8 Å². The average Bonchev–Trinajstić information content (AvgIpc) is 2.18. The lowest BCUT2D eigenvalue weighted by Gasteiger charge is -2.31. The van der Waals surface area contributed by atoms with Crippen LogP contribution in [0.5, 0.6) is 0 Å². The summed E-state index contributed by atoms with van der Waals surface area (Å²) in [5.41, 5.74) is 0. The van der Waals surface area contributed by atoms with Crippen molar-refractivity contribution in [2.24, 2.45) is 11.8 Å². The maximum atomic E-state index is 8.95. The smallest absolute Gasteiger partial charge is 0.0667 e. The number of rotatable bonds is 3. The summed E-state index contributed by atoms with van der Waals surface area (Å²) in [6.45, 7) is 2.25. The van der Waals surface area contributed by atoms with E-state index in [9.17, 15) is 0 Å². The summed E-state index contributed by atoms with van der Waals surface area (Å²) in [5, 5.41) is 9.55. The quantitative estimate of drug-likeness (QED) is 0.692. The zero-order valence-electron chi connectivity index (χ0n) is 8.62. The van der Waals surface area contributed by atoms with Crippen molar-refractivity contribution in [1.82, 2.24) is 0 Å². The monoisotopic (exact) mass is 197 g/mol. The van der Waals surface area contributed by atoms with Crippen LogP contribution in [0, 0.1) is 23.2 Å². The van der Waals surface area contributed by atoms with Crippen LogP contribution in [0.1, 0.15) is 39.0 Å². The van der Waals surface area contributed by atoms with E-state index in [1.54, 1.807) is 0 Å². The molecule has 74 valence electrons. The average molecular weight is 197 g/mol. The molecule has 3 atom stereocenters. The number of thioether (sulfide) groups is 1. The highest BCUT2D eigenvalue weighted by molar-refractivity contribution is 7.99. The van der Waals surface area contributed by atoms with Gasteiger partial charge in [-0.3, -0.25) is 0 Å². The van der Waals surface area contributed by atoms with Crippen LogP contribution in [0.4, 0.5) is 0 Å². The first-order valence-electron chi connectivity index (χ1n) is 5.24. The molecular weight excluding hydrogens is 178 g/mol. The molecule has 0 spiro atoms. The second kappa shape index (κ2) is 5.54. The van der Waals surface area contributed by atoms with E-state index in [0.717, 1.165) is 12.3 Å². The van der Waals surface area contributed by atoms with Gasteiger partial charge in [0.2, 0.25) is 0 Å². The van der Waals surface area contributed by atoms with Gasteiger partial charge in [-0.25, -0.2) is 0 Å². The van der Waals surface area contributed by atoms with Gasteiger partial charge in [-0.05, 0) is 31.4 Å². The summed E-state index contributed by atoms with van der Waals surface area (Å²) in [7, 11) is 0. The number of hydrogen-bond donors (Lipinski definition) is 0. The zero-order valence-corrected chi connectivity index (χ0v) is 9.44. The highest BCUT2D eigenvalue weighted by Crippen LogP contribution is 2.37. The molecule has 1 nitrogen and oxygen atoms in total. The normalized spacial score (nSPS) is 34.1. The summed E-state index contributed by atoms with van der Waals surface area (Å²) in [6, 6.07) is 2.45. The minimum atomic E-state index is 0.322. The third-order valence-corrected chi connectivity index (χ3v) is 4.19. The van der Waals surface area contributed by atoms with Crippen LogP contribution in [0.3, 0.4) is 0 Å². The topological polar surface area (TPSA) is 23.8 Å². The number of nitriles is 1. The second-order valence-corrected chi connectivity index (χ2v) is 5.05. The highest BCUT2D eigenvalue weighted by atomic mass is 32.2. The van der Waals surface area contributed by atoms with Gasteiger partial charge in [0.1, 0.15) is 0 Å². The Labute approximate surface area is 85.9 Å². The van der Waals surface area contributed by atoms with Crippen molar-refractivity contribution < 1.29 is 0 Å². The molecule has 0 aromatic heterocycles. The molecule has 0 heterocycles. The van der Waals surface area contributed by atoms with Crippen molar-refractivity contribution in [2.75, 3.05) is 6.26 Å². The predicted octanol–water partition coefficient (Wildman–Crippen LogP) is 3.46. The molecule has 1 saturated carbocycles. The largest absolute Gasteiger partial charge is 0.198 e. The van der Waals surface area contributed by atoms with Gasteiger partial charge in [-0.2, -0.15) is 17.0 Å². The Morgan fingerprint density at radius 1 is 1.46 bits per heavy atom. The predicted molar refractivity (Wildman–Crippen MR) is 58.7 cm³/mol. The van der Waals surface area contributed by atoms with E-state index in [-0.39, 0.29) is 0 Å². The summed E-state index contributed by atoms with van der Waals surface area (Å²) in [6.07, 6.45) is 8.48. The molecule has 0 amide bonds. The van der Waals surface area contributed by atoms with E-state index in [1.807, 2.05) is 11.8 Å². The Morgan fingerprint density at radius 3 is 2.77 bits per heavy atom. The molecule has 1 rings (SSSR count). The van der Waals surface area contributed by atoms with Crippen LogP contribution in [-0.4, -0.2) is 11.5 Å². The van der Waals surface area contributed by atoms with E-state index in [0.29, 0.717) is 11.2 Å². The van der Waals surface area contributed by atoms with Gasteiger partial charge in [-0.15, -0.1) is 0 Å². The molecule has 0 aromatic carbocycles. The summed E-state index contributed by atoms with van der Waals surface area (Å²) in [4.78, 5) is 0. The van der Waals surface area contributed by atoms with Crippen LogP contribution in [0.15, 0.2) is 0 Å². The fourth-order valence-electron chi connectivity index (χ4n) is 2.29. The lowest BCUT2D eigenvalue weighted by molar-refractivity contribution is 0.307. The first-order valence-corrected chi connectivity index (χ1v) is 6.53. The molecule has 0 aromatic rings. The molecule has 0 radical (unpaired) electrons. The Hall–Kier alpha value is -0.160. The molecule has 2 heteroatoms. The van der Waals surface area contributed by atoms with E-state index >= 15 is 0 Å². The molecule has 1 aliphatic carbocycles. The molecule has 0 N–H and O–H groups in total. The number of nitrogens with zero attached hydrogens (tertiary/aromatic N) is 1. The van der Waals surface area contributed by atoms with Gasteiger partial charge in [0.05, 0.1) is 12.0 Å². The minimum Gasteiger partial charge on any atom is -0.198 e. The molecule has 0 bridgehead atoms. The highest BCUT2D eigenvalue weighted by Gasteiger charge is 2.29. The van der Waals surface area contributed by atoms with E-state index in [4.69, 9.17) is 5.26 Å². The molecule has 1 fully saturated rings. The van der Waals surface area contributed by atoms with Gasteiger partial charge >= 0.3 is 0 Å². The van der Waals surface area contributed by atoms with E-state index in [2.05, 4.69) is 19.2 Å². The van der Waals surface area contributed by atoms with E-state index in [1.165, 1.54) is 25.7 Å². The van der Waals surface area contributed by atoms with Gasteiger partial charge in [-0.1, -0.05) is 19.8 Å². The SMILES string of the molecule is CCCC1CCC(C#N)C(SC)C1. The molecule has 13 heavy (non-hydrogen) atoms. The molecule has 0 aliphatic heterocycles. The Bertz CT molecular complexity index is 185. The molecule has 1 aliphatic rings. The fourth-order valence-corrected chi connectivity index (χ4v) is 3.28. The van der Waals surface area contributed by atoms with Crippen LogP contribution in [0.2, 0.25) is 0 Å². The van der Waals surface area contributed by atoms with Crippen molar-refractivity contribution in [2.45, 2.75) is 44.3 Å². The zero-order chi connectivity index (χ0) is 9.68. The third kappa shape index (κ3) is 2.91. The van der Waals surface area contributed by atoms with E-state index < -0.39 is 0 Å². The first-order chi connectivity index (χ1) is 6.31. The van der Waals surface area contributed by atoms with Crippen LogP contribution < -0.4 is 0 Å². The Morgan fingerprint density at radius 2 is 2.23 bits per heavy atom. The summed E-state index contributed by atoms with van der Waals surface area (Å²) in [5.74, 6) is 1.22. The molecule has 0 saturated heterocycles. The Kier molecular flexibility index (Phi) is 4.66. The lowest BCUT2D eigenvalue weighted by Crippen LogP contribution is -2.25. The Balaban J connectivity index is 2.43. The van der Waals surface area contributed by atoms with Crippen molar-refractivity contribution in [1.29, 1.82) is 5.26 Å². The van der Waals surface area contributed by atoms with Crippen LogP contribution in [0.25, 0.3) is 0 Å². The van der Waals surface area contributed by atoms with Crippen molar-refractivity contribution >= 4 is 11.8 Å². The third-order valence-electron chi connectivity index (χ3n) is 3.07. The summed E-state index contributed by atoms with van der Waals surface area (Å²) >= 11 is 1.89. The standard InChI is InChI=1S/C11H19NS/c1-3-4-9-5-6-10(8-12)11(7-9)13-2/h9-11H,3-7H2,1-2H3. The fraction of sp³-hybridized carbons (Fsp3) is 0.909. The summed E-state index contributed by atoms with van der Waals surface area (Å²) < 4.78 is 0. The van der Waals surface area contributed by atoms with Crippen molar-refractivity contribution in [3.63, 3.8) is 0 Å². The minimum absolute atomic E-state index is 0.322.